The largest absolute Gasteiger partial charge is 0.381 e. The van der Waals surface area contributed by atoms with E-state index >= 15 is 0 Å². The lowest BCUT2D eigenvalue weighted by Gasteiger charge is -2.23. The lowest BCUT2D eigenvalue weighted by molar-refractivity contribution is -0.118. The molecule has 2 aliphatic rings. The summed E-state index contributed by atoms with van der Waals surface area (Å²) in [6, 6.07) is 0.300. The molecule has 0 bridgehead atoms. The normalized spacial score (nSPS) is 31.2. The van der Waals surface area contributed by atoms with E-state index < -0.39 is 0 Å². The number of thioether (sulfide) groups is 1. The van der Waals surface area contributed by atoms with E-state index in [9.17, 15) is 4.79 Å². The molecule has 0 spiro atoms. The monoisotopic (exact) mass is 241 g/mol. The average Bonchev–Trinajstić information content (AvgIpc) is 2.61. The molecule has 1 N–H and O–H groups in total. The van der Waals surface area contributed by atoms with Crippen LogP contribution in [-0.4, -0.2) is 30.4 Å². The van der Waals surface area contributed by atoms with Crippen LogP contribution in [0.3, 0.4) is 0 Å². The Morgan fingerprint density at radius 1 is 1.44 bits per heavy atom. The molecule has 0 aromatic carbocycles. The highest BCUT2D eigenvalue weighted by molar-refractivity contribution is 8.04. The highest BCUT2D eigenvalue weighted by atomic mass is 32.2. The van der Waals surface area contributed by atoms with Crippen molar-refractivity contribution in [2.45, 2.75) is 38.0 Å². The van der Waals surface area contributed by atoms with Crippen LogP contribution in [-0.2, 0) is 9.53 Å². The summed E-state index contributed by atoms with van der Waals surface area (Å²) >= 11 is 1.69. The van der Waals surface area contributed by atoms with Crippen molar-refractivity contribution in [3.8, 4) is 0 Å². The van der Waals surface area contributed by atoms with Crippen molar-refractivity contribution < 1.29 is 9.53 Å². The van der Waals surface area contributed by atoms with Crippen molar-refractivity contribution in [3.05, 3.63) is 11.0 Å². The quantitative estimate of drug-likeness (QED) is 0.803. The molecule has 3 nitrogen and oxygen atoms in total. The third kappa shape index (κ3) is 2.80. The fourth-order valence-electron chi connectivity index (χ4n) is 1.95. The van der Waals surface area contributed by atoms with Gasteiger partial charge in [-0.15, -0.1) is 11.8 Å². The Morgan fingerprint density at radius 3 is 2.69 bits per heavy atom. The summed E-state index contributed by atoms with van der Waals surface area (Å²) in [6.45, 7) is 5.86. The maximum atomic E-state index is 12.0. The summed E-state index contributed by atoms with van der Waals surface area (Å²) in [5.74, 6) is 0.605. The van der Waals surface area contributed by atoms with Gasteiger partial charge in [0, 0.05) is 24.5 Å². The third-order valence-electron chi connectivity index (χ3n) is 3.25. The Labute approximate surface area is 101 Å². The van der Waals surface area contributed by atoms with Crippen LogP contribution < -0.4 is 5.32 Å². The molecule has 2 heterocycles. The minimum Gasteiger partial charge on any atom is -0.381 e. The molecule has 1 fully saturated rings. The summed E-state index contributed by atoms with van der Waals surface area (Å²) in [7, 11) is 0. The zero-order valence-corrected chi connectivity index (χ0v) is 10.7. The number of allylic oxidation sites excluding steroid dienone is 1. The van der Waals surface area contributed by atoms with Gasteiger partial charge >= 0.3 is 0 Å². The number of nitrogens with one attached hydrogen (secondary N) is 1. The maximum Gasteiger partial charge on any atom is 0.257 e. The molecule has 1 saturated heterocycles. The molecule has 2 rings (SSSR count). The summed E-state index contributed by atoms with van der Waals surface area (Å²) in [5.41, 5.74) is 0. The number of hydrogen-bond acceptors (Lipinski definition) is 3. The number of carbonyl (C=O) groups is 1. The second-order valence-electron chi connectivity index (χ2n) is 4.57. The number of hydrogen-bond donors (Lipinski definition) is 1. The highest BCUT2D eigenvalue weighted by Crippen LogP contribution is 2.36. The van der Waals surface area contributed by atoms with Crippen molar-refractivity contribution in [2.24, 2.45) is 5.92 Å². The van der Waals surface area contributed by atoms with Crippen LogP contribution in [0, 0.1) is 5.92 Å². The number of rotatable bonds is 2. The van der Waals surface area contributed by atoms with Gasteiger partial charge in [0.1, 0.15) is 0 Å². The lowest BCUT2D eigenvalue weighted by atomic mass is 10.1. The van der Waals surface area contributed by atoms with Gasteiger partial charge in [-0.3, -0.25) is 4.79 Å². The topological polar surface area (TPSA) is 38.3 Å². The molecule has 1 amide bonds. The smallest absolute Gasteiger partial charge is 0.257 e. The van der Waals surface area contributed by atoms with Gasteiger partial charge in [-0.1, -0.05) is 19.9 Å². The van der Waals surface area contributed by atoms with E-state index in [0.717, 1.165) is 31.0 Å². The fraction of sp³-hybridized carbons (Fsp3) is 0.750. The van der Waals surface area contributed by atoms with Crippen LogP contribution in [0.2, 0.25) is 0 Å². The first-order chi connectivity index (χ1) is 7.66. The van der Waals surface area contributed by atoms with E-state index in [1.807, 2.05) is 0 Å². The van der Waals surface area contributed by atoms with E-state index in [1.54, 1.807) is 11.8 Å². The van der Waals surface area contributed by atoms with Gasteiger partial charge in [-0.2, -0.15) is 0 Å². The predicted octanol–water partition coefficient (Wildman–Crippen LogP) is 1.94. The molecule has 0 aromatic heterocycles. The zero-order chi connectivity index (χ0) is 11.5. The van der Waals surface area contributed by atoms with Crippen molar-refractivity contribution in [1.29, 1.82) is 0 Å². The predicted molar refractivity (Wildman–Crippen MR) is 66.3 cm³/mol. The van der Waals surface area contributed by atoms with Gasteiger partial charge in [0.05, 0.1) is 4.91 Å². The van der Waals surface area contributed by atoms with Gasteiger partial charge in [-0.05, 0) is 18.8 Å². The van der Waals surface area contributed by atoms with E-state index in [1.165, 1.54) is 0 Å². The van der Waals surface area contributed by atoms with Crippen LogP contribution in [0.25, 0.3) is 0 Å². The summed E-state index contributed by atoms with van der Waals surface area (Å²) in [4.78, 5) is 12.9. The van der Waals surface area contributed by atoms with Gasteiger partial charge in [0.15, 0.2) is 0 Å². The van der Waals surface area contributed by atoms with E-state index in [-0.39, 0.29) is 5.91 Å². The van der Waals surface area contributed by atoms with E-state index in [4.69, 9.17) is 4.74 Å². The summed E-state index contributed by atoms with van der Waals surface area (Å²) in [5, 5.41) is 3.62. The molecular weight excluding hydrogens is 222 g/mol. The standard InChI is InChI=1S/C12H19NO2S/c1-8-7-11(16-9(8)2)12(14)13-10-3-5-15-6-4-10/h7-10H,3-6H2,1-2H3,(H,13,14). The zero-order valence-electron chi connectivity index (χ0n) is 9.86. The number of carbonyl (C=O) groups excluding carboxylic acids is 1. The molecule has 16 heavy (non-hydrogen) atoms. The average molecular weight is 241 g/mol. The van der Waals surface area contributed by atoms with Crippen molar-refractivity contribution in [3.63, 3.8) is 0 Å². The molecule has 0 aliphatic carbocycles. The molecular formula is C12H19NO2S. The first kappa shape index (κ1) is 12.0. The summed E-state index contributed by atoms with van der Waals surface area (Å²) < 4.78 is 5.27. The molecule has 90 valence electrons. The molecule has 4 heteroatoms. The van der Waals surface area contributed by atoms with Crippen LogP contribution >= 0.6 is 11.8 Å². The maximum absolute atomic E-state index is 12.0. The molecule has 0 radical (unpaired) electrons. The Bertz CT molecular complexity index is 297. The van der Waals surface area contributed by atoms with Gasteiger partial charge in [0.25, 0.3) is 5.91 Å². The molecule has 2 atom stereocenters. The van der Waals surface area contributed by atoms with Crippen molar-refractivity contribution >= 4 is 17.7 Å². The fourth-order valence-corrected chi connectivity index (χ4v) is 3.10. The van der Waals surface area contributed by atoms with Gasteiger partial charge in [-0.25, -0.2) is 0 Å². The van der Waals surface area contributed by atoms with E-state index in [0.29, 0.717) is 17.2 Å². The van der Waals surface area contributed by atoms with E-state index in [2.05, 4.69) is 25.2 Å². The highest BCUT2D eigenvalue weighted by Gasteiger charge is 2.26. The van der Waals surface area contributed by atoms with Crippen LogP contribution in [0.15, 0.2) is 11.0 Å². The second-order valence-corrected chi connectivity index (χ2v) is 5.99. The summed E-state index contributed by atoms with van der Waals surface area (Å²) in [6.07, 6.45) is 3.97. The van der Waals surface area contributed by atoms with Gasteiger partial charge < -0.3 is 10.1 Å². The van der Waals surface area contributed by atoms with Crippen LogP contribution in [0.1, 0.15) is 26.7 Å². The minimum absolute atomic E-state index is 0.105. The molecule has 0 saturated carbocycles. The first-order valence-electron chi connectivity index (χ1n) is 5.94. The number of ether oxygens (including phenoxy) is 1. The number of amides is 1. The Morgan fingerprint density at radius 2 is 2.12 bits per heavy atom. The Hall–Kier alpha value is -0.480. The van der Waals surface area contributed by atoms with Crippen LogP contribution in [0.5, 0.6) is 0 Å². The first-order valence-corrected chi connectivity index (χ1v) is 6.82. The second kappa shape index (κ2) is 5.23. The van der Waals surface area contributed by atoms with Crippen LogP contribution in [0.4, 0.5) is 0 Å². The molecule has 0 aromatic rings. The third-order valence-corrected chi connectivity index (χ3v) is 4.62. The molecule has 2 aliphatic heterocycles. The minimum atomic E-state index is 0.105. The van der Waals surface area contributed by atoms with Crippen molar-refractivity contribution in [2.75, 3.05) is 13.2 Å². The Kier molecular flexibility index (Phi) is 3.92. The lowest BCUT2D eigenvalue weighted by Crippen LogP contribution is -2.39. The van der Waals surface area contributed by atoms with Gasteiger partial charge in [0.2, 0.25) is 0 Å². The van der Waals surface area contributed by atoms with Crippen molar-refractivity contribution in [1.82, 2.24) is 5.32 Å². The molecule has 2 unspecified atom stereocenters. The Balaban J connectivity index is 1.86. The SMILES string of the molecule is CC1C=C(C(=O)NC2CCOCC2)SC1C.